The second-order valence-electron chi connectivity index (χ2n) is 4.85. The van der Waals surface area contributed by atoms with Gasteiger partial charge in [0.2, 0.25) is 0 Å². The van der Waals surface area contributed by atoms with Gasteiger partial charge in [0.15, 0.2) is 0 Å². The molecule has 2 aromatic rings. The number of benzene rings is 1. The first kappa shape index (κ1) is 15.0. The minimum atomic E-state index is 0.0222. The molecule has 0 radical (unpaired) electrons. The summed E-state index contributed by atoms with van der Waals surface area (Å²) in [4.78, 5) is 0. The van der Waals surface area contributed by atoms with Crippen LogP contribution in [0.2, 0.25) is 5.02 Å². The van der Waals surface area contributed by atoms with Gasteiger partial charge in [0, 0.05) is 11.6 Å². The van der Waals surface area contributed by atoms with Crippen molar-refractivity contribution in [1.29, 1.82) is 0 Å². The molecule has 0 spiro atoms. The van der Waals surface area contributed by atoms with Crippen LogP contribution < -0.4 is 5.32 Å². The van der Waals surface area contributed by atoms with Crippen molar-refractivity contribution in [3.05, 3.63) is 46.2 Å². The first-order chi connectivity index (χ1) is 9.69. The molecule has 0 saturated carbocycles. The highest BCUT2D eigenvalue weighted by Crippen LogP contribution is 2.30. The van der Waals surface area contributed by atoms with Crippen molar-refractivity contribution in [3.8, 4) is 0 Å². The maximum absolute atomic E-state index is 6.48. The molecular weight excluding hydrogens is 272 g/mol. The van der Waals surface area contributed by atoms with Crippen LogP contribution in [0.3, 0.4) is 0 Å². The van der Waals surface area contributed by atoms with E-state index >= 15 is 0 Å². The number of hydrogen-bond donors (Lipinski definition) is 1. The summed E-state index contributed by atoms with van der Waals surface area (Å²) in [5.41, 5.74) is 3.22. The van der Waals surface area contributed by atoms with E-state index in [4.69, 9.17) is 11.6 Å². The lowest BCUT2D eigenvalue weighted by molar-refractivity contribution is 0.511. The van der Waals surface area contributed by atoms with Crippen molar-refractivity contribution in [1.82, 2.24) is 20.3 Å². The number of hydrogen-bond acceptors (Lipinski definition) is 3. The summed E-state index contributed by atoms with van der Waals surface area (Å²) in [7, 11) is 0. The summed E-state index contributed by atoms with van der Waals surface area (Å²) in [6, 6.07) is 6.14. The summed E-state index contributed by atoms with van der Waals surface area (Å²) in [5.74, 6) is 0. The van der Waals surface area contributed by atoms with Gasteiger partial charge < -0.3 is 5.32 Å². The second-order valence-corrected chi connectivity index (χ2v) is 5.23. The summed E-state index contributed by atoms with van der Waals surface area (Å²) in [5, 5.41) is 12.5. The average Bonchev–Trinajstić information content (AvgIpc) is 2.88. The van der Waals surface area contributed by atoms with Crippen molar-refractivity contribution in [2.45, 2.75) is 39.8 Å². The van der Waals surface area contributed by atoms with Gasteiger partial charge in [-0.25, -0.2) is 4.68 Å². The summed E-state index contributed by atoms with van der Waals surface area (Å²) < 4.78 is 1.95. The molecule has 0 aliphatic heterocycles. The molecule has 1 aromatic carbocycles. The molecule has 1 atom stereocenters. The third-order valence-corrected chi connectivity index (χ3v) is 3.84. The molecule has 0 fully saturated rings. The van der Waals surface area contributed by atoms with E-state index in [-0.39, 0.29) is 6.04 Å². The Morgan fingerprint density at radius 1 is 1.35 bits per heavy atom. The maximum atomic E-state index is 6.48. The first-order valence-electron chi connectivity index (χ1n) is 7.05. The zero-order chi connectivity index (χ0) is 14.5. The lowest BCUT2D eigenvalue weighted by Gasteiger charge is -2.21. The van der Waals surface area contributed by atoms with E-state index in [1.807, 2.05) is 29.9 Å². The van der Waals surface area contributed by atoms with Crippen molar-refractivity contribution < 1.29 is 0 Å². The molecule has 0 aliphatic rings. The Morgan fingerprint density at radius 2 is 2.15 bits per heavy atom. The van der Waals surface area contributed by atoms with Crippen LogP contribution in [0.15, 0.2) is 24.4 Å². The maximum Gasteiger partial charge on any atom is 0.0802 e. The Hall–Kier alpha value is -1.39. The van der Waals surface area contributed by atoms with Gasteiger partial charge in [-0.2, -0.15) is 0 Å². The Bertz CT molecular complexity index is 565. The SMILES string of the molecule is CCCn1nncc1C(NCC)c1cccc(C)c1Cl. The van der Waals surface area contributed by atoms with Crippen LogP contribution in [0.4, 0.5) is 0 Å². The predicted molar refractivity (Wildman–Crippen MR) is 82.0 cm³/mol. The van der Waals surface area contributed by atoms with E-state index in [0.717, 1.165) is 41.4 Å². The van der Waals surface area contributed by atoms with E-state index < -0.39 is 0 Å². The fraction of sp³-hybridized carbons (Fsp3) is 0.467. The number of nitrogens with zero attached hydrogens (tertiary/aromatic N) is 3. The molecule has 4 nitrogen and oxygen atoms in total. The van der Waals surface area contributed by atoms with E-state index in [1.54, 1.807) is 0 Å². The van der Waals surface area contributed by atoms with Crippen molar-refractivity contribution in [2.75, 3.05) is 6.54 Å². The van der Waals surface area contributed by atoms with Gasteiger partial charge in [0.1, 0.15) is 0 Å². The molecule has 0 saturated heterocycles. The number of aryl methyl sites for hydroxylation is 2. The highest BCUT2D eigenvalue weighted by Gasteiger charge is 2.21. The Labute approximate surface area is 125 Å². The lowest BCUT2D eigenvalue weighted by atomic mass is 10.0. The fourth-order valence-corrected chi connectivity index (χ4v) is 2.58. The summed E-state index contributed by atoms with van der Waals surface area (Å²) in [6.45, 7) is 7.96. The van der Waals surface area contributed by atoms with E-state index in [2.05, 4.69) is 35.5 Å². The smallest absolute Gasteiger partial charge is 0.0802 e. The van der Waals surface area contributed by atoms with Crippen LogP contribution in [-0.4, -0.2) is 21.5 Å². The summed E-state index contributed by atoms with van der Waals surface area (Å²) in [6.07, 6.45) is 2.85. The Kier molecular flexibility index (Phi) is 5.15. The molecule has 1 heterocycles. The number of aromatic nitrogens is 3. The minimum absolute atomic E-state index is 0.0222. The van der Waals surface area contributed by atoms with Crippen LogP contribution in [0.25, 0.3) is 0 Å². The van der Waals surface area contributed by atoms with Crippen LogP contribution >= 0.6 is 11.6 Å². The van der Waals surface area contributed by atoms with Crippen molar-refractivity contribution in [3.63, 3.8) is 0 Å². The quantitative estimate of drug-likeness (QED) is 0.888. The zero-order valence-corrected chi connectivity index (χ0v) is 13.0. The minimum Gasteiger partial charge on any atom is -0.305 e. The standard InChI is InChI=1S/C15H21ClN4/c1-4-9-20-13(10-18-19-20)15(17-5-2)12-8-6-7-11(3)14(12)16/h6-8,10,15,17H,4-5,9H2,1-3H3. The van der Waals surface area contributed by atoms with Crippen LogP contribution in [0, 0.1) is 6.92 Å². The van der Waals surface area contributed by atoms with Gasteiger partial charge in [-0.1, -0.05) is 48.9 Å². The molecule has 0 bridgehead atoms. The van der Waals surface area contributed by atoms with Crippen molar-refractivity contribution in [2.24, 2.45) is 0 Å². The molecule has 1 aromatic heterocycles. The molecule has 1 N–H and O–H groups in total. The highest BCUT2D eigenvalue weighted by atomic mass is 35.5. The van der Waals surface area contributed by atoms with Gasteiger partial charge in [0.05, 0.1) is 17.9 Å². The Morgan fingerprint density at radius 3 is 2.85 bits per heavy atom. The molecule has 5 heteroatoms. The number of rotatable bonds is 6. The van der Waals surface area contributed by atoms with E-state index in [9.17, 15) is 0 Å². The van der Waals surface area contributed by atoms with Gasteiger partial charge in [0.25, 0.3) is 0 Å². The fourth-order valence-electron chi connectivity index (χ4n) is 2.35. The van der Waals surface area contributed by atoms with Crippen molar-refractivity contribution >= 4 is 11.6 Å². The van der Waals surface area contributed by atoms with Gasteiger partial charge >= 0.3 is 0 Å². The Balaban J connectivity index is 2.45. The van der Waals surface area contributed by atoms with Gasteiger partial charge in [-0.3, -0.25) is 0 Å². The monoisotopic (exact) mass is 292 g/mol. The normalized spacial score (nSPS) is 12.6. The first-order valence-corrected chi connectivity index (χ1v) is 7.43. The van der Waals surface area contributed by atoms with Crippen LogP contribution in [0.1, 0.15) is 43.1 Å². The second kappa shape index (κ2) is 6.86. The summed E-state index contributed by atoms with van der Waals surface area (Å²) >= 11 is 6.48. The topological polar surface area (TPSA) is 42.7 Å². The average molecular weight is 293 g/mol. The predicted octanol–water partition coefficient (Wildman–Crippen LogP) is 3.35. The van der Waals surface area contributed by atoms with Crippen LogP contribution in [0.5, 0.6) is 0 Å². The third kappa shape index (κ3) is 3.02. The lowest BCUT2D eigenvalue weighted by Crippen LogP contribution is -2.25. The van der Waals surface area contributed by atoms with E-state index in [0.29, 0.717) is 0 Å². The molecular formula is C15H21ClN4. The molecule has 2 rings (SSSR count). The highest BCUT2D eigenvalue weighted by molar-refractivity contribution is 6.32. The van der Waals surface area contributed by atoms with Gasteiger partial charge in [-0.15, -0.1) is 5.10 Å². The van der Waals surface area contributed by atoms with E-state index in [1.165, 1.54) is 0 Å². The van der Waals surface area contributed by atoms with Gasteiger partial charge in [-0.05, 0) is 31.0 Å². The molecule has 0 aliphatic carbocycles. The third-order valence-electron chi connectivity index (χ3n) is 3.32. The molecule has 0 amide bonds. The number of halogens is 1. The zero-order valence-electron chi connectivity index (χ0n) is 12.2. The number of nitrogens with one attached hydrogen (secondary N) is 1. The molecule has 1 unspecified atom stereocenters. The molecule has 20 heavy (non-hydrogen) atoms. The molecule has 108 valence electrons. The van der Waals surface area contributed by atoms with Crippen LogP contribution in [-0.2, 0) is 6.54 Å². The largest absolute Gasteiger partial charge is 0.305 e.